The van der Waals surface area contributed by atoms with Gasteiger partial charge in [0.15, 0.2) is 6.10 Å². The lowest BCUT2D eigenvalue weighted by molar-refractivity contribution is -0.870. The Morgan fingerprint density at radius 2 is 1.25 bits per heavy atom. The van der Waals surface area contributed by atoms with Crippen molar-refractivity contribution in [2.45, 2.75) is 205 Å². The van der Waals surface area contributed by atoms with Crippen LogP contribution in [-0.4, -0.2) is 104 Å². The molecule has 0 spiro atoms. The summed E-state index contributed by atoms with van der Waals surface area (Å²) < 4.78 is 34.0. The minimum atomic E-state index is -4.70. The molecule has 0 bridgehead atoms. The number of carbonyl (C=O) groups is 2. The van der Waals surface area contributed by atoms with Gasteiger partial charge in [0.05, 0.1) is 46.1 Å². The summed E-state index contributed by atoms with van der Waals surface area (Å²) in [7, 11) is 1.02. The Kier molecular flexibility index (Phi) is 35.4. The maximum absolute atomic E-state index is 12.8. The summed E-state index contributed by atoms with van der Waals surface area (Å²) in [6, 6.07) is 0. The molecule has 0 aromatic rings. The van der Waals surface area contributed by atoms with Crippen LogP contribution in [0.5, 0.6) is 0 Å². The first-order valence-electron chi connectivity index (χ1n) is 25.1. The van der Waals surface area contributed by atoms with Gasteiger partial charge in [0.25, 0.3) is 7.82 Å². The number of aliphatic hydroxyl groups is 3. The van der Waals surface area contributed by atoms with Crippen molar-refractivity contribution in [1.29, 1.82) is 0 Å². The lowest BCUT2D eigenvalue weighted by Crippen LogP contribution is -2.37. The van der Waals surface area contributed by atoms with Crippen molar-refractivity contribution in [3.05, 3.63) is 48.6 Å². The Labute approximate surface area is 389 Å². The Morgan fingerprint density at radius 3 is 1.88 bits per heavy atom. The third-order valence-corrected chi connectivity index (χ3v) is 12.6. The molecular weight excluding hydrogens is 834 g/mol. The van der Waals surface area contributed by atoms with E-state index >= 15 is 0 Å². The number of phosphoric acid groups is 1. The van der Waals surface area contributed by atoms with E-state index in [2.05, 4.69) is 50.3 Å². The predicted octanol–water partition coefficient (Wildman–Crippen LogP) is 10.4. The van der Waals surface area contributed by atoms with Crippen LogP contribution in [-0.2, 0) is 32.7 Å². The summed E-state index contributed by atoms with van der Waals surface area (Å²) in [6.45, 7) is 3.85. The number of unbranched alkanes of at least 4 members (excludes halogenated alkanes) is 15. The van der Waals surface area contributed by atoms with Crippen molar-refractivity contribution in [1.82, 2.24) is 0 Å². The van der Waals surface area contributed by atoms with E-state index in [0.29, 0.717) is 36.7 Å². The number of rotatable bonds is 41. The lowest BCUT2D eigenvalue weighted by atomic mass is 9.88. The fourth-order valence-corrected chi connectivity index (χ4v) is 8.43. The minimum absolute atomic E-state index is 0.0731. The zero-order chi connectivity index (χ0) is 47.3. The first-order chi connectivity index (χ1) is 30.7. The van der Waals surface area contributed by atoms with Crippen molar-refractivity contribution in [2.75, 3.05) is 47.5 Å². The molecule has 13 heteroatoms. The Balaban J connectivity index is 2.42. The van der Waals surface area contributed by atoms with Gasteiger partial charge in [-0.1, -0.05) is 146 Å². The van der Waals surface area contributed by atoms with Crippen LogP contribution < -0.4 is 4.89 Å². The van der Waals surface area contributed by atoms with Crippen molar-refractivity contribution in [2.24, 2.45) is 11.8 Å². The monoisotopic (exact) mass is 926 g/mol. The van der Waals surface area contributed by atoms with Crippen molar-refractivity contribution in [3.63, 3.8) is 0 Å². The van der Waals surface area contributed by atoms with Crippen molar-refractivity contribution >= 4 is 19.8 Å². The molecule has 0 aromatic carbocycles. The maximum atomic E-state index is 12.8. The number of quaternary nitrogens is 1. The Hall–Kier alpha value is -2.15. The number of allylic oxidation sites excluding steroid dienone is 6. The molecular formula is C51H92NO11P. The number of likely N-dealkylation sites (N-methyl/N-ethyl adjacent to an activating group) is 1. The molecule has 1 rings (SSSR count). The molecule has 0 amide bonds. The second kappa shape index (κ2) is 37.9. The number of hydrogen-bond acceptors (Lipinski definition) is 11. The fourth-order valence-electron chi connectivity index (χ4n) is 7.70. The SMILES string of the molecule is CCCCCC/C=C\C/C=C\C/C=C\CCCCCCCCC(=O)OC[C@H](COP(=O)([O-])OCC[N+](C)(C)C)OC(=O)CCCCCC[C@@H]1[C@@H](/C=C/[C@@H](O)CCCCC)[C@H](O)C[C@@H]1O. The van der Waals surface area contributed by atoms with Crippen LogP contribution in [0.15, 0.2) is 48.6 Å². The number of nitrogens with zero attached hydrogens (tertiary/aromatic N) is 1. The van der Waals surface area contributed by atoms with E-state index in [0.717, 1.165) is 96.3 Å². The highest BCUT2D eigenvalue weighted by Gasteiger charge is 2.39. The normalized spacial score (nSPS) is 20.2. The molecule has 0 radical (unpaired) electrons. The predicted molar refractivity (Wildman–Crippen MR) is 256 cm³/mol. The average Bonchev–Trinajstić information content (AvgIpc) is 3.51. The van der Waals surface area contributed by atoms with Crippen LogP contribution in [0.3, 0.4) is 0 Å². The topological polar surface area (TPSA) is 172 Å². The van der Waals surface area contributed by atoms with E-state index in [1.165, 1.54) is 32.1 Å². The fraction of sp³-hybridized carbons (Fsp3) is 0.804. The summed E-state index contributed by atoms with van der Waals surface area (Å²) >= 11 is 0. The van der Waals surface area contributed by atoms with E-state index in [1.54, 1.807) is 6.08 Å². The van der Waals surface area contributed by atoms with E-state index in [1.807, 2.05) is 27.2 Å². The Morgan fingerprint density at radius 1 is 0.703 bits per heavy atom. The van der Waals surface area contributed by atoms with E-state index < -0.39 is 50.8 Å². The number of hydrogen-bond donors (Lipinski definition) is 3. The van der Waals surface area contributed by atoms with E-state index in [9.17, 15) is 34.4 Å². The zero-order valence-electron chi connectivity index (χ0n) is 40.8. The molecule has 0 aromatic heterocycles. The second-order valence-corrected chi connectivity index (χ2v) is 20.2. The summed E-state index contributed by atoms with van der Waals surface area (Å²) in [4.78, 5) is 37.9. The van der Waals surface area contributed by atoms with Crippen LogP contribution in [0.4, 0.5) is 0 Å². The van der Waals surface area contributed by atoms with Gasteiger partial charge in [0.2, 0.25) is 0 Å². The Bertz CT molecular complexity index is 1350. The van der Waals surface area contributed by atoms with Gasteiger partial charge in [-0.3, -0.25) is 14.2 Å². The molecule has 0 aliphatic heterocycles. The standard InChI is InChI=1S/C51H92NO11P/c1-6-8-10-11-12-13-14-15-16-17-18-19-20-21-22-23-24-25-26-31-35-50(56)60-42-45(43-62-64(58,59)61-40-39-52(3,4)5)63-51(57)36-32-28-27-30-34-46-47(49(55)41-48(46)54)38-37-44(53)33-29-9-7-2/h13-14,16-17,19-20,37-38,44-49,53-55H,6-12,15,18,21-36,39-43H2,1-5H3/b14-13-,17-16-,20-19-,38-37+/t44-,45+,46+,47+,48-,49+/m0/s1. The number of carbonyl (C=O) groups excluding carboxylic acids is 2. The summed E-state index contributed by atoms with van der Waals surface area (Å²) in [5, 5.41) is 31.5. The molecule has 0 saturated heterocycles. The van der Waals surface area contributed by atoms with Gasteiger partial charge in [-0.05, 0) is 70.1 Å². The molecule has 1 saturated carbocycles. The number of phosphoric ester groups is 1. The van der Waals surface area contributed by atoms with Crippen LogP contribution in [0.25, 0.3) is 0 Å². The summed E-state index contributed by atoms with van der Waals surface area (Å²) in [5.41, 5.74) is 0. The molecule has 372 valence electrons. The highest BCUT2D eigenvalue weighted by molar-refractivity contribution is 7.45. The second-order valence-electron chi connectivity index (χ2n) is 18.8. The van der Waals surface area contributed by atoms with Crippen LogP contribution in [0, 0.1) is 11.8 Å². The molecule has 1 aliphatic carbocycles. The highest BCUT2D eigenvalue weighted by atomic mass is 31.2. The zero-order valence-corrected chi connectivity index (χ0v) is 41.7. The van der Waals surface area contributed by atoms with Gasteiger partial charge in [0, 0.05) is 25.2 Å². The van der Waals surface area contributed by atoms with E-state index in [-0.39, 0.29) is 37.9 Å². The van der Waals surface area contributed by atoms with Gasteiger partial charge < -0.3 is 43.2 Å². The van der Waals surface area contributed by atoms with Crippen LogP contribution in [0.1, 0.15) is 181 Å². The van der Waals surface area contributed by atoms with Crippen molar-refractivity contribution in [3.8, 4) is 0 Å². The number of aliphatic hydroxyl groups excluding tert-OH is 3. The largest absolute Gasteiger partial charge is 0.756 e. The quantitative estimate of drug-likeness (QED) is 0.0175. The molecule has 0 heterocycles. The van der Waals surface area contributed by atoms with Gasteiger partial charge >= 0.3 is 11.9 Å². The molecule has 1 aliphatic rings. The highest BCUT2D eigenvalue weighted by Crippen LogP contribution is 2.39. The molecule has 1 fully saturated rings. The van der Waals surface area contributed by atoms with Crippen molar-refractivity contribution < 1.29 is 57.4 Å². The first-order valence-corrected chi connectivity index (χ1v) is 26.6. The maximum Gasteiger partial charge on any atom is 0.306 e. The summed E-state index contributed by atoms with van der Waals surface area (Å²) in [6.07, 6.45) is 37.7. The third kappa shape index (κ3) is 34.2. The van der Waals surface area contributed by atoms with Crippen LogP contribution in [0.2, 0.25) is 0 Å². The summed E-state index contributed by atoms with van der Waals surface area (Å²) in [5.74, 6) is -1.30. The van der Waals surface area contributed by atoms with Gasteiger partial charge in [-0.25, -0.2) is 0 Å². The van der Waals surface area contributed by atoms with Gasteiger partial charge in [0.1, 0.15) is 19.8 Å². The van der Waals surface area contributed by atoms with Gasteiger partial charge in [-0.15, -0.1) is 0 Å². The molecule has 1 unspecified atom stereocenters. The number of esters is 2. The van der Waals surface area contributed by atoms with Gasteiger partial charge in [-0.2, -0.15) is 0 Å². The van der Waals surface area contributed by atoms with Crippen LogP contribution >= 0.6 is 7.82 Å². The average molecular weight is 926 g/mol. The lowest BCUT2D eigenvalue weighted by Gasteiger charge is -2.28. The number of ether oxygens (including phenoxy) is 2. The van der Waals surface area contributed by atoms with E-state index in [4.69, 9.17) is 18.5 Å². The minimum Gasteiger partial charge on any atom is -0.756 e. The molecule has 12 nitrogen and oxygen atoms in total. The third-order valence-electron chi connectivity index (χ3n) is 11.7. The molecule has 64 heavy (non-hydrogen) atoms. The molecule has 7 atom stereocenters. The smallest absolute Gasteiger partial charge is 0.306 e. The first kappa shape index (κ1) is 59.9. The molecule has 3 N–H and O–H groups in total.